The van der Waals surface area contributed by atoms with E-state index in [0.717, 1.165) is 29.6 Å². The molecular weight excluding hydrogens is 200 g/mol. The molecule has 3 nitrogen and oxygen atoms in total. The molecule has 1 aromatic carbocycles. The zero-order chi connectivity index (χ0) is 11.6. The van der Waals surface area contributed by atoms with E-state index in [-0.39, 0.29) is 5.60 Å². The molecule has 2 aromatic rings. The molecule has 0 saturated carbocycles. The van der Waals surface area contributed by atoms with Gasteiger partial charge >= 0.3 is 0 Å². The summed E-state index contributed by atoms with van der Waals surface area (Å²) in [5, 5.41) is 0. The van der Waals surface area contributed by atoms with E-state index in [2.05, 4.69) is 36.8 Å². The van der Waals surface area contributed by atoms with Gasteiger partial charge in [-0.25, -0.2) is 4.98 Å². The zero-order valence-electron chi connectivity index (χ0n) is 10.1. The Morgan fingerprint density at radius 1 is 1.38 bits per heavy atom. The van der Waals surface area contributed by atoms with Gasteiger partial charge in [-0.1, -0.05) is 19.1 Å². The molecule has 0 radical (unpaired) electrons. The van der Waals surface area contributed by atoms with Crippen LogP contribution in [-0.2, 0) is 10.3 Å². The molecule has 2 rings (SSSR count). The van der Waals surface area contributed by atoms with Crippen LogP contribution in [0.3, 0.4) is 0 Å². The van der Waals surface area contributed by atoms with Crippen LogP contribution in [0.15, 0.2) is 24.5 Å². The van der Waals surface area contributed by atoms with Gasteiger partial charge in [0.2, 0.25) is 0 Å². The summed E-state index contributed by atoms with van der Waals surface area (Å²) < 4.78 is 5.89. The van der Waals surface area contributed by atoms with Crippen molar-refractivity contribution in [3.05, 3.63) is 30.1 Å². The Hall–Kier alpha value is -1.35. The van der Waals surface area contributed by atoms with Gasteiger partial charge < -0.3 is 9.72 Å². The second-order valence-corrected chi connectivity index (χ2v) is 4.46. The fraction of sp³-hybridized carbons (Fsp3) is 0.462. The fourth-order valence-electron chi connectivity index (χ4n) is 1.89. The molecule has 1 N–H and O–H groups in total. The van der Waals surface area contributed by atoms with Crippen molar-refractivity contribution in [3.8, 4) is 0 Å². The van der Waals surface area contributed by atoms with Crippen molar-refractivity contribution in [2.75, 3.05) is 6.61 Å². The van der Waals surface area contributed by atoms with Gasteiger partial charge in [0.15, 0.2) is 0 Å². The molecule has 0 unspecified atom stereocenters. The van der Waals surface area contributed by atoms with E-state index >= 15 is 0 Å². The number of aromatic nitrogens is 2. The normalized spacial score (nSPS) is 12.2. The van der Waals surface area contributed by atoms with Crippen LogP contribution in [-0.4, -0.2) is 16.6 Å². The number of hydrogen-bond acceptors (Lipinski definition) is 2. The van der Waals surface area contributed by atoms with Crippen LogP contribution in [0.25, 0.3) is 11.0 Å². The lowest BCUT2D eigenvalue weighted by atomic mass is 9.96. The molecule has 0 spiro atoms. The summed E-state index contributed by atoms with van der Waals surface area (Å²) in [6, 6.07) is 6.15. The maximum Gasteiger partial charge on any atom is 0.0943 e. The van der Waals surface area contributed by atoms with Gasteiger partial charge in [-0.3, -0.25) is 0 Å². The zero-order valence-corrected chi connectivity index (χ0v) is 10.1. The topological polar surface area (TPSA) is 37.9 Å². The van der Waals surface area contributed by atoms with Crippen molar-refractivity contribution in [1.29, 1.82) is 0 Å². The van der Waals surface area contributed by atoms with Crippen LogP contribution in [0.1, 0.15) is 32.8 Å². The van der Waals surface area contributed by atoms with E-state index in [1.165, 1.54) is 0 Å². The summed E-state index contributed by atoms with van der Waals surface area (Å²) >= 11 is 0. The molecule has 0 aliphatic rings. The van der Waals surface area contributed by atoms with Crippen molar-refractivity contribution in [1.82, 2.24) is 9.97 Å². The lowest BCUT2D eigenvalue weighted by molar-refractivity contribution is -0.0202. The average Bonchev–Trinajstić information content (AvgIpc) is 2.73. The summed E-state index contributed by atoms with van der Waals surface area (Å²) in [7, 11) is 0. The predicted molar refractivity (Wildman–Crippen MR) is 65.4 cm³/mol. The first-order valence-corrected chi connectivity index (χ1v) is 5.71. The molecule has 1 aromatic heterocycles. The minimum atomic E-state index is -0.287. The van der Waals surface area contributed by atoms with Gasteiger partial charge in [0.1, 0.15) is 0 Å². The van der Waals surface area contributed by atoms with Crippen LogP contribution >= 0.6 is 0 Å². The number of benzene rings is 1. The maximum atomic E-state index is 5.89. The van der Waals surface area contributed by atoms with Gasteiger partial charge in [0.05, 0.1) is 23.0 Å². The van der Waals surface area contributed by atoms with Gasteiger partial charge in [-0.2, -0.15) is 0 Å². The monoisotopic (exact) mass is 218 g/mol. The lowest BCUT2D eigenvalue weighted by Gasteiger charge is -2.26. The van der Waals surface area contributed by atoms with E-state index in [0.29, 0.717) is 0 Å². The van der Waals surface area contributed by atoms with Gasteiger partial charge in [-0.15, -0.1) is 0 Å². The van der Waals surface area contributed by atoms with Crippen molar-refractivity contribution in [3.63, 3.8) is 0 Å². The Morgan fingerprint density at radius 2 is 2.19 bits per heavy atom. The number of H-pyrrole nitrogens is 1. The third-order valence-corrected chi connectivity index (χ3v) is 2.77. The highest BCUT2D eigenvalue weighted by atomic mass is 16.5. The number of nitrogens with zero attached hydrogens (tertiary/aromatic N) is 1. The Bertz CT molecular complexity index is 473. The summed E-state index contributed by atoms with van der Waals surface area (Å²) in [6.07, 6.45) is 2.75. The second kappa shape index (κ2) is 4.26. The second-order valence-electron chi connectivity index (χ2n) is 4.46. The SMILES string of the molecule is CCCOC(C)(C)c1cccc2[nH]cnc12. The summed E-state index contributed by atoms with van der Waals surface area (Å²) in [5.74, 6) is 0. The molecule has 0 atom stereocenters. The first-order valence-electron chi connectivity index (χ1n) is 5.71. The number of rotatable bonds is 4. The van der Waals surface area contributed by atoms with Crippen LogP contribution in [0.2, 0.25) is 0 Å². The first kappa shape index (κ1) is 11.1. The van der Waals surface area contributed by atoms with Crippen molar-refractivity contribution < 1.29 is 4.74 Å². The Morgan fingerprint density at radius 3 is 2.94 bits per heavy atom. The van der Waals surface area contributed by atoms with E-state index in [1.54, 1.807) is 6.33 Å². The molecule has 3 heteroatoms. The molecule has 0 aliphatic carbocycles. The highest BCUT2D eigenvalue weighted by Crippen LogP contribution is 2.29. The van der Waals surface area contributed by atoms with E-state index in [1.807, 2.05) is 12.1 Å². The van der Waals surface area contributed by atoms with E-state index < -0.39 is 0 Å². The quantitative estimate of drug-likeness (QED) is 0.855. The standard InChI is InChI=1S/C13H18N2O/c1-4-8-16-13(2,3)10-6-5-7-11-12(10)15-9-14-11/h5-7,9H,4,8H2,1-3H3,(H,14,15). The van der Waals surface area contributed by atoms with E-state index in [4.69, 9.17) is 4.74 Å². The molecule has 0 amide bonds. The smallest absolute Gasteiger partial charge is 0.0943 e. The number of imidazole rings is 1. The summed E-state index contributed by atoms with van der Waals surface area (Å²) in [4.78, 5) is 7.48. The first-order chi connectivity index (χ1) is 7.65. The van der Waals surface area contributed by atoms with Crippen molar-refractivity contribution in [2.45, 2.75) is 32.8 Å². The van der Waals surface area contributed by atoms with Crippen LogP contribution in [0.4, 0.5) is 0 Å². The van der Waals surface area contributed by atoms with Crippen LogP contribution in [0.5, 0.6) is 0 Å². The predicted octanol–water partition coefficient (Wildman–Crippen LogP) is 3.22. The average molecular weight is 218 g/mol. The largest absolute Gasteiger partial charge is 0.371 e. The number of fused-ring (bicyclic) bond motifs is 1. The lowest BCUT2D eigenvalue weighted by Crippen LogP contribution is -2.22. The van der Waals surface area contributed by atoms with E-state index in [9.17, 15) is 0 Å². The number of hydrogen-bond donors (Lipinski definition) is 1. The number of nitrogens with one attached hydrogen (secondary N) is 1. The molecule has 0 aliphatic heterocycles. The van der Waals surface area contributed by atoms with Crippen molar-refractivity contribution >= 4 is 11.0 Å². The Balaban J connectivity index is 2.41. The van der Waals surface area contributed by atoms with Crippen LogP contribution in [0, 0.1) is 0 Å². The van der Waals surface area contributed by atoms with Gasteiger partial charge in [0.25, 0.3) is 0 Å². The van der Waals surface area contributed by atoms with Crippen LogP contribution < -0.4 is 0 Å². The highest BCUT2D eigenvalue weighted by molar-refractivity contribution is 5.79. The Labute approximate surface area is 95.8 Å². The third-order valence-electron chi connectivity index (χ3n) is 2.77. The Kier molecular flexibility index (Phi) is 2.97. The van der Waals surface area contributed by atoms with Crippen molar-refractivity contribution in [2.24, 2.45) is 0 Å². The number of ether oxygens (including phenoxy) is 1. The van der Waals surface area contributed by atoms with Gasteiger partial charge in [0, 0.05) is 12.2 Å². The number of para-hydroxylation sites is 1. The summed E-state index contributed by atoms with van der Waals surface area (Å²) in [5.41, 5.74) is 2.92. The summed E-state index contributed by atoms with van der Waals surface area (Å²) in [6.45, 7) is 7.07. The molecule has 1 heterocycles. The minimum absolute atomic E-state index is 0.287. The molecule has 16 heavy (non-hydrogen) atoms. The molecule has 86 valence electrons. The molecular formula is C13H18N2O. The molecule has 0 fully saturated rings. The molecule has 0 saturated heterocycles. The minimum Gasteiger partial charge on any atom is -0.371 e. The maximum absolute atomic E-state index is 5.89. The highest BCUT2D eigenvalue weighted by Gasteiger charge is 2.24. The fourth-order valence-corrected chi connectivity index (χ4v) is 1.89. The number of aromatic amines is 1. The molecule has 0 bridgehead atoms. The van der Waals surface area contributed by atoms with Gasteiger partial charge in [-0.05, 0) is 26.3 Å². The third kappa shape index (κ3) is 1.95.